The lowest BCUT2D eigenvalue weighted by molar-refractivity contribution is -0.143. The minimum absolute atomic E-state index is 0.246. The monoisotopic (exact) mass is 496 g/mol. The van der Waals surface area contributed by atoms with Crippen molar-refractivity contribution in [1.29, 1.82) is 0 Å². The van der Waals surface area contributed by atoms with Gasteiger partial charge in [0.15, 0.2) is 5.82 Å². The predicted molar refractivity (Wildman–Crippen MR) is 136 cm³/mol. The van der Waals surface area contributed by atoms with Crippen LogP contribution in [0, 0.1) is 6.92 Å². The number of H-pyrrole nitrogens is 1. The van der Waals surface area contributed by atoms with Crippen LogP contribution in [0.25, 0.3) is 10.2 Å². The Morgan fingerprint density at radius 1 is 1.23 bits per heavy atom. The van der Waals surface area contributed by atoms with Crippen LogP contribution in [0.4, 0.5) is 17.6 Å². The molecule has 0 spiro atoms. The number of piperidine rings is 2. The molecular formula is C24H32N8O2S. The number of hydrogen-bond acceptors (Lipinski definition) is 9. The number of carbonyl (C=O) groups excluding carboxylic acids is 1. The van der Waals surface area contributed by atoms with Gasteiger partial charge in [-0.2, -0.15) is 10.1 Å². The van der Waals surface area contributed by atoms with Gasteiger partial charge in [-0.25, -0.2) is 4.98 Å². The highest BCUT2D eigenvalue weighted by atomic mass is 32.1. The number of anilines is 3. The van der Waals surface area contributed by atoms with Crippen molar-refractivity contribution in [2.24, 2.45) is 0 Å². The summed E-state index contributed by atoms with van der Waals surface area (Å²) in [5, 5.41) is 17.2. The van der Waals surface area contributed by atoms with Crippen molar-refractivity contribution < 1.29 is 9.53 Å². The topological polar surface area (TPSA) is 111 Å². The fraction of sp³-hybridized carbons (Fsp3) is 0.583. The molecular weight excluding hydrogens is 464 g/mol. The molecule has 0 aromatic carbocycles. The van der Waals surface area contributed by atoms with Gasteiger partial charge >= 0.3 is 0 Å². The highest BCUT2D eigenvalue weighted by molar-refractivity contribution is 7.16. The summed E-state index contributed by atoms with van der Waals surface area (Å²) >= 11 is 1.61. The molecule has 3 aromatic heterocycles. The minimum Gasteiger partial charge on any atom is -0.379 e. The number of rotatable bonds is 6. The third-order valence-electron chi connectivity index (χ3n) is 7.34. The van der Waals surface area contributed by atoms with Gasteiger partial charge in [0, 0.05) is 43.0 Å². The Balaban J connectivity index is 1.16. The van der Waals surface area contributed by atoms with Crippen molar-refractivity contribution in [1.82, 2.24) is 30.0 Å². The van der Waals surface area contributed by atoms with Crippen LogP contribution in [0.15, 0.2) is 17.5 Å². The number of nitrogens with zero attached hydrogens (tertiary/aromatic N) is 5. The number of fused-ring (bicyclic) bond motifs is 3. The smallest absolute Gasteiger partial charge is 0.237 e. The summed E-state index contributed by atoms with van der Waals surface area (Å²) in [5.74, 6) is 2.40. The molecule has 0 aliphatic carbocycles. The van der Waals surface area contributed by atoms with E-state index < -0.39 is 0 Å². The van der Waals surface area contributed by atoms with Gasteiger partial charge in [-0.1, -0.05) is 0 Å². The third-order valence-corrected chi connectivity index (χ3v) is 8.14. The van der Waals surface area contributed by atoms with E-state index >= 15 is 0 Å². The first-order valence-electron chi connectivity index (χ1n) is 12.5. The fourth-order valence-electron chi connectivity index (χ4n) is 5.74. The van der Waals surface area contributed by atoms with Crippen LogP contribution in [0.5, 0.6) is 0 Å². The van der Waals surface area contributed by atoms with Crippen LogP contribution in [-0.4, -0.2) is 86.8 Å². The maximum Gasteiger partial charge on any atom is 0.237 e. The zero-order chi connectivity index (χ0) is 23.8. The van der Waals surface area contributed by atoms with Gasteiger partial charge < -0.3 is 20.3 Å². The second-order valence-electron chi connectivity index (χ2n) is 9.84. The molecule has 10 nitrogen and oxygen atoms in total. The summed E-state index contributed by atoms with van der Waals surface area (Å²) in [5.41, 5.74) is 0.989. The van der Waals surface area contributed by atoms with E-state index in [0.717, 1.165) is 79.5 Å². The Morgan fingerprint density at radius 3 is 2.77 bits per heavy atom. The first kappa shape index (κ1) is 22.7. The number of hydrogen-bond donors (Lipinski definition) is 3. The molecule has 3 aliphatic rings. The molecule has 0 radical (unpaired) electrons. The fourth-order valence-corrected chi connectivity index (χ4v) is 6.50. The van der Waals surface area contributed by atoms with Gasteiger partial charge in [-0.05, 0) is 50.5 Å². The molecule has 0 saturated carbocycles. The number of aromatic nitrogens is 4. The Hall–Kier alpha value is -2.76. The van der Waals surface area contributed by atoms with E-state index in [9.17, 15) is 4.79 Å². The van der Waals surface area contributed by atoms with E-state index in [1.54, 1.807) is 11.3 Å². The summed E-state index contributed by atoms with van der Waals surface area (Å²) in [6.45, 7) is 5.61. The second-order valence-corrected chi connectivity index (χ2v) is 10.7. The molecule has 35 heavy (non-hydrogen) atoms. The highest BCUT2D eigenvalue weighted by Crippen LogP contribution is 2.36. The first-order valence-corrected chi connectivity index (χ1v) is 13.4. The van der Waals surface area contributed by atoms with Gasteiger partial charge in [-0.3, -0.25) is 14.8 Å². The molecule has 11 heteroatoms. The molecule has 1 amide bonds. The van der Waals surface area contributed by atoms with Crippen molar-refractivity contribution >= 4 is 45.0 Å². The van der Waals surface area contributed by atoms with Crippen LogP contribution in [0.1, 0.15) is 37.8 Å². The molecule has 6 heterocycles. The number of ether oxygens (including phenoxy) is 1. The lowest BCUT2D eigenvalue weighted by Crippen LogP contribution is -2.59. The lowest BCUT2D eigenvalue weighted by atomic mass is 9.81. The Labute approximate surface area is 208 Å². The standard InChI is InChI=1S/C24H32N8O2S/c1-15-11-20(30-29-15)26-22-19-5-10-35-23(19)28-24(27-22)25-16-12-17-3-2-4-18(13-16)32(17)21(33)14-31-6-8-34-9-7-31/h5,10-11,16-18H,2-4,6-9,12-14H2,1H3,(H3,25,26,27,28,29,30)/t16?,17-,18+. The van der Waals surface area contributed by atoms with E-state index in [2.05, 4.69) is 30.6 Å². The number of aromatic amines is 1. The van der Waals surface area contributed by atoms with E-state index in [1.165, 1.54) is 6.42 Å². The van der Waals surface area contributed by atoms with E-state index in [4.69, 9.17) is 14.7 Å². The molecule has 186 valence electrons. The Morgan fingerprint density at radius 2 is 2.03 bits per heavy atom. The van der Waals surface area contributed by atoms with E-state index in [1.807, 2.05) is 24.4 Å². The molecule has 3 aromatic rings. The largest absolute Gasteiger partial charge is 0.379 e. The molecule has 3 saturated heterocycles. The normalized spacial score (nSPS) is 25.1. The maximum atomic E-state index is 13.3. The molecule has 3 atom stereocenters. The van der Waals surface area contributed by atoms with Crippen molar-refractivity contribution in [3.05, 3.63) is 23.2 Å². The van der Waals surface area contributed by atoms with Gasteiger partial charge in [0.2, 0.25) is 11.9 Å². The molecule has 3 N–H and O–H groups in total. The SMILES string of the molecule is Cc1cc(Nc2nc(NC3C[C@H]4CCC[C@@H](C3)N4C(=O)CN3CCOCC3)nc3sccc23)n[nH]1. The van der Waals surface area contributed by atoms with Crippen molar-refractivity contribution in [3.8, 4) is 0 Å². The summed E-state index contributed by atoms with van der Waals surface area (Å²) < 4.78 is 5.44. The average molecular weight is 497 g/mol. The van der Waals surface area contributed by atoms with E-state index in [-0.39, 0.29) is 24.0 Å². The highest BCUT2D eigenvalue weighted by Gasteiger charge is 2.41. The van der Waals surface area contributed by atoms with Crippen LogP contribution in [0.3, 0.4) is 0 Å². The second kappa shape index (κ2) is 9.71. The molecule has 3 fully saturated rings. The van der Waals surface area contributed by atoms with Gasteiger partial charge in [-0.15, -0.1) is 11.3 Å². The number of nitrogens with one attached hydrogen (secondary N) is 3. The van der Waals surface area contributed by atoms with Crippen molar-refractivity contribution in [2.45, 2.75) is 57.2 Å². The maximum absolute atomic E-state index is 13.3. The third kappa shape index (κ3) is 4.85. The van der Waals surface area contributed by atoms with Crippen LogP contribution in [0.2, 0.25) is 0 Å². The number of aryl methyl sites for hydroxylation is 1. The van der Waals surface area contributed by atoms with Crippen LogP contribution >= 0.6 is 11.3 Å². The zero-order valence-corrected chi connectivity index (χ0v) is 20.8. The van der Waals surface area contributed by atoms with Crippen LogP contribution in [-0.2, 0) is 9.53 Å². The Bertz CT molecular complexity index is 1180. The predicted octanol–water partition coefficient (Wildman–Crippen LogP) is 3.12. The van der Waals surface area contributed by atoms with Crippen molar-refractivity contribution in [3.63, 3.8) is 0 Å². The summed E-state index contributed by atoms with van der Waals surface area (Å²) in [6.07, 6.45) is 5.19. The number of morpholine rings is 1. The molecule has 3 aliphatic heterocycles. The van der Waals surface area contributed by atoms with Gasteiger partial charge in [0.1, 0.15) is 10.6 Å². The number of amides is 1. The molecule has 2 bridgehead atoms. The molecule has 1 unspecified atom stereocenters. The minimum atomic E-state index is 0.246. The zero-order valence-electron chi connectivity index (χ0n) is 20.0. The lowest BCUT2D eigenvalue weighted by Gasteiger charge is -2.49. The van der Waals surface area contributed by atoms with E-state index in [0.29, 0.717) is 12.5 Å². The summed E-state index contributed by atoms with van der Waals surface area (Å²) in [6, 6.07) is 4.80. The molecule has 6 rings (SSSR count). The summed E-state index contributed by atoms with van der Waals surface area (Å²) in [7, 11) is 0. The quantitative estimate of drug-likeness (QED) is 0.477. The average Bonchev–Trinajstić information content (AvgIpc) is 3.48. The summed E-state index contributed by atoms with van der Waals surface area (Å²) in [4.78, 5) is 28.2. The number of thiophene rings is 1. The van der Waals surface area contributed by atoms with Gasteiger partial charge in [0.05, 0.1) is 25.1 Å². The van der Waals surface area contributed by atoms with Gasteiger partial charge in [0.25, 0.3) is 0 Å². The van der Waals surface area contributed by atoms with Crippen LogP contribution < -0.4 is 10.6 Å². The Kier molecular flexibility index (Phi) is 6.29. The van der Waals surface area contributed by atoms with Crippen molar-refractivity contribution in [2.75, 3.05) is 43.5 Å². The first-order chi connectivity index (χ1) is 17.1. The number of carbonyl (C=O) groups is 1.